The molecule has 3 heteroatoms. The molecule has 0 atom stereocenters. The van der Waals surface area contributed by atoms with E-state index in [1.54, 1.807) is 0 Å². The van der Waals surface area contributed by atoms with Gasteiger partial charge in [-0.3, -0.25) is 0 Å². The van der Waals surface area contributed by atoms with Gasteiger partial charge in [0.15, 0.2) is 0 Å². The van der Waals surface area contributed by atoms with Gasteiger partial charge in [-0.2, -0.15) is 0 Å². The number of nitrogens with one attached hydrogen (secondary N) is 1. The van der Waals surface area contributed by atoms with Gasteiger partial charge in [0, 0.05) is 6.54 Å². The van der Waals surface area contributed by atoms with E-state index in [4.69, 9.17) is 0 Å². The van der Waals surface area contributed by atoms with Crippen LogP contribution in [0.15, 0.2) is 0 Å². The summed E-state index contributed by atoms with van der Waals surface area (Å²) in [5.41, 5.74) is 0.0000694. The Labute approximate surface area is 55.1 Å². The summed E-state index contributed by atoms with van der Waals surface area (Å²) in [5, 5.41) is 12.0. The van der Waals surface area contributed by atoms with Crippen molar-refractivity contribution >= 4 is 6.09 Å². The molecule has 1 amide bonds. The van der Waals surface area contributed by atoms with Gasteiger partial charge in [-0.25, -0.2) is 9.90 Å². The Morgan fingerprint density at radius 2 is 1.89 bits per heavy atom. The summed E-state index contributed by atoms with van der Waals surface area (Å²) < 4.78 is 0. The summed E-state index contributed by atoms with van der Waals surface area (Å²) in [6.45, 7) is 6.28. The first-order chi connectivity index (χ1) is 3.92. The Hall–Kier alpha value is -0.730. The predicted molar refractivity (Wildman–Crippen MR) is 33.5 cm³/mol. The first kappa shape index (κ1) is 8.27. The first-order valence-electron chi connectivity index (χ1n) is 2.87. The van der Waals surface area contributed by atoms with E-state index in [0.29, 0.717) is 6.54 Å². The Balaban J connectivity index is 3.39. The summed E-state index contributed by atoms with van der Waals surface area (Å²) in [7, 11) is 0. The zero-order chi connectivity index (χ0) is 7.49. The average molecular weight is 130 g/mol. The molecule has 3 nitrogen and oxygen atoms in total. The highest BCUT2D eigenvalue weighted by Gasteiger charge is 2.10. The number of amides is 1. The zero-order valence-electron chi connectivity index (χ0n) is 6.02. The summed E-state index contributed by atoms with van der Waals surface area (Å²) >= 11 is 0. The predicted octanol–water partition coefficient (Wildman–Crippen LogP) is 1.17. The number of carbonyl (C=O) groups is 1. The summed E-state index contributed by atoms with van der Waals surface area (Å²) in [4.78, 5) is 9.82. The molecule has 0 aromatic heterocycles. The lowest BCUT2D eigenvalue weighted by molar-refractivity contribution is 0.164. The second-order valence-corrected chi connectivity index (χ2v) is 3.20. The molecule has 53 valence electrons. The van der Waals surface area contributed by atoms with Crippen LogP contribution in [-0.2, 0) is 5.11 Å². The van der Waals surface area contributed by atoms with E-state index in [1.807, 2.05) is 20.8 Å². The Morgan fingerprint density at radius 3 is 2.00 bits per heavy atom. The first-order valence-corrected chi connectivity index (χ1v) is 2.87. The highest BCUT2D eigenvalue weighted by atomic mass is 16.4. The van der Waals surface area contributed by atoms with Gasteiger partial charge in [-0.15, -0.1) is 0 Å². The molecule has 0 aromatic rings. The largest absolute Gasteiger partial charge is 0.450 e. The lowest BCUT2D eigenvalue weighted by atomic mass is 9.97. The van der Waals surface area contributed by atoms with Crippen LogP contribution in [0.1, 0.15) is 20.8 Å². The number of rotatable bonds is 1. The molecule has 0 aliphatic heterocycles. The molecule has 9 heavy (non-hydrogen) atoms. The molecule has 0 unspecified atom stereocenters. The maximum Gasteiger partial charge on any atom is 0.450 e. The summed E-state index contributed by atoms with van der Waals surface area (Å²) in [6.07, 6.45) is -1.20. The minimum atomic E-state index is -1.20. The van der Waals surface area contributed by atoms with Crippen LogP contribution in [0.3, 0.4) is 0 Å². The second-order valence-electron chi connectivity index (χ2n) is 3.20. The molecule has 1 N–H and O–H groups in total. The van der Waals surface area contributed by atoms with Crippen molar-refractivity contribution in [2.75, 3.05) is 6.54 Å². The molecule has 0 saturated heterocycles. The van der Waals surface area contributed by atoms with E-state index in [2.05, 4.69) is 5.32 Å². The van der Waals surface area contributed by atoms with Crippen LogP contribution >= 0.6 is 0 Å². The lowest BCUT2D eigenvalue weighted by Crippen LogP contribution is -2.30. The third-order valence-electron chi connectivity index (χ3n) is 0.763. The highest BCUT2D eigenvalue weighted by Crippen LogP contribution is 2.09. The van der Waals surface area contributed by atoms with Crippen molar-refractivity contribution in [2.45, 2.75) is 20.8 Å². The molecule has 0 aliphatic rings. The van der Waals surface area contributed by atoms with Crippen molar-refractivity contribution in [3.05, 3.63) is 0 Å². The van der Waals surface area contributed by atoms with Gasteiger partial charge in [0.05, 0.1) is 0 Å². The molecule has 1 radical (unpaired) electrons. The average Bonchev–Trinajstić information content (AvgIpc) is 1.59. The van der Waals surface area contributed by atoms with Gasteiger partial charge in [0.25, 0.3) is 0 Å². The molecule has 0 rings (SSSR count). The van der Waals surface area contributed by atoms with Crippen molar-refractivity contribution in [2.24, 2.45) is 5.41 Å². The molecular formula is C6H12NO2. The van der Waals surface area contributed by atoms with Crippen LogP contribution in [0.4, 0.5) is 4.79 Å². The minimum absolute atomic E-state index is 0.0000694. The fourth-order valence-electron chi connectivity index (χ4n) is 0.337. The minimum Gasteiger partial charge on any atom is -0.318 e. The fraction of sp³-hybridized carbons (Fsp3) is 0.833. The lowest BCUT2D eigenvalue weighted by Gasteiger charge is -2.16. The molecule has 0 heterocycles. The number of hydrogen-bond acceptors (Lipinski definition) is 1. The van der Waals surface area contributed by atoms with Crippen molar-refractivity contribution in [3.8, 4) is 0 Å². The maximum absolute atomic E-state index is 9.82. The van der Waals surface area contributed by atoms with E-state index in [1.165, 1.54) is 0 Å². The van der Waals surface area contributed by atoms with Gasteiger partial charge < -0.3 is 5.32 Å². The monoisotopic (exact) mass is 130 g/mol. The van der Waals surface area contributed by atoms with Crippen LogP contribution in [0, 0.1) is 5.41 Å². The van der Waals surface area contributed by atoms with Crippen molar-refractivity contribution < 1.29 is 9.90 Å². The van der Waals surface area contributed by atoms with Gasteiger partial charge in [0.2, 0.25) is 0 Å². The normalized spacial score (nSPS) is 11.0. The van der Waals surface area contributed by atoms with Gasteiger partial charge in [-0.05, 0) is 5.41 Å². The quantitative estimate of drug-likeness (QED) is 0.569. The van der Waals surface area contributed by atoms with E-state index in [0.717, 1.165) is 0 Å². The Bertz CT molecular complexity index is 104. The second kappa shape index (κ2) is 2.71. The van der Waals surface area contributed by atoms with E-state index in [-0.39, 0.29) is 5.41 Å². The molecule has 0 saturated carbocycles. The van der Waals surface area contributed by atoms with Gasteiger partial charge in [0.1, 0.15) is 0 Å². The van der Waals surface area contributed by atoms with E-state index < -0.39 is 6.09 Å². The van der Waals surface area contributed by atoms with Crippen LogP contribution in [0.5, 0.6) is 0 Å². The molecule has 0 spiro atoms. The summed E-state index contributed by atoms with van der Waals surface area (Å²) in [5.74, 6) is 0. The third kappa shape index (κ3) is 7.27. The molecular weight excluding hydrogens is 118 g/mol. The van der Waals surface area contributed by atoms with E-state index >= 15 is 0 Å². The number of hydrogen-bond donors (Lipinski definition) is 1. The van der Waals surface area contributed by atoms with Gasteiger partial charge >= 0.3 is 6.09 Å². The van der Waals surface area contributed by atoms with E-state index in [9.17, 15) is 9.90 Å². The third-order valence-corrected chi connectivity index (χ3v) is 0.763. The van der Waals surface area contributed by atoms with Crippen LogP contribution in [-0.4, -0.2) is 12.6 Å². The summed E-state index contributed by atoms with van der Waals surface area (Å²) in [6, 6.07) is 0. The van der Waals surface area contributed by atoms with Crippen LogP contribution in [0.2, 0.25) is 0 Å². The Kier molecular flexibility index (Phi) is 2.49. The molecule has 0 fully saturated rings. The smallest absolute Gasteiger partial charge is 0.318 e. The van der Waals surface area contributed by atoms with Crippen LogP contribution in [0.25, 0.3) is 0 Å². The fourth-order valence-corrected chi connectivity index (χ4v) is 0.337. The number of carbonyl (C=O) groups excluding carboxylic acids is 1. The van der Waals surface area contributed by atoms with Crippen molar-refractivity contribution in [1.29, 1.82) is 0 Å². The maximum atomic E-state index is 9.82. The Morgan fingerprint density at radius 1 is 1.44 bits per heavy atom. The highest BCUT2D eigenvalue weighted by molar-refractivity contribution is 5.63. The van der Waals surface area contributed by atoms with Gasteiger partial charge in [-0.1, -0.05) is 20.8 Å². The topological polar surface area (TPSA) is 49.0 Å². The molecule has 0 aliphatic carbocycles. The standard InChI is InChI=1S/C6H12NO2/c1-6(2,3)4-7-5(8)9/h7H,4H2,1-3H3. The van der Waals surface area contributed by atoms with Crippen molar-refractivity contribution in [1.82, 2.24) is 5.32 Å². The van der Waals surface area contributed by atoms with Crippen molar-refractivity contribution in [3.63, 3.8) is 0 Å². The van der Waals surface area contributed by atoms with Crippen LogP contribution < -0.4 is 5.32 Å². The zero-order valence-corrected chi connectivity index (χ0v) is 6.02. The molecule has 0 bridgehead atoms. The molecule has 0 aromatic carbocycles. The SMILES string of the molecule is CC(C)(C)CNC([O])=O.